The zero-order chi connectivity index (χ0) is 22.0. The van der Waals surface area contributed by atoms with Crippen LogP contribution in [0.2, 0.25) is 0 Å². The molecule has 5 atom stereocenters. The summed E-state index contributed by atoms with van der Waals surface area (Å²) in [4.78, 5) is 47.6. The first kappa shape index (κ1) is 26.1. The number of carboxylic acids is 1. The van der Waals surface area contributed by atoms with Crippen LogP contribution in [0, 0.1) is 5.92 Å². The first-order valence-corrected chi connectivity index (χ1v) is 9.37. The Morgan fingerprint density at radius 1 is 0.964 bits per heavy atom. The van der Waals surface area contributed by atoms with Crippen LogP contribution in [0.3, 0.4) is 0 Å². The molecular weight excluding hydrogens is 392 g/mol. The molecule has 28 heavy (non-hydrogen) atoms. The molecule has 5 unspecified atom stereocenters. The predicted octanol–water partition coefficient (Wildman–Crippen LogP) is -2.80. The average molecular weight is 423 g/mol. The highest BCUT2D eigenvalue weighted by Gasteiger charge is 2.32. The molecule has 11 nitrogen and oxygen atoms in total. The first-order chi connectivity index (χ1) is 12.9. The number of carboxylic acid groups (broad SMARTS) is 1. The molecule has 162 valence electrons. The molecule has 0 aromatic carbocycles. The van der Waals surface area contributed by atoms with Gasteiger partial charge >= 0.3 is 5.97 Å². The minimum atomic E-state index is -1.60. The van der Waals surface area contributed by atoms with Crippen molar-refractivity contribution in [1.82, 2.24) is 16.0 Å². The van der Waals surface area contributed by atoms with Gasteiger partial charge in [-0.3, -0.25) is 14.4 Å². The summed E-state index contributed by atoms with van der Waals surface area (Å²) in [5, 5.41) is 34.3. The number of carbonyl (C=O) groups excluding carboxylic acids is 3. The van der Waals surface area contributed by atoms with Gasteiger partial charge in [-0.2, -0.15) is 12.6 Å². The third-order valence-electron chi connectivity index (χ3n) is 3.74. The standard InChI is InChI=1S/C16H30N4O7S/c1-7(2)4-9(17)13(23)19-11(6-28)14(24)20-12(8(3)22)15(25)18-10(5-21)16(26)27/h7-12,21-22,28H,4-6,17H2,1-3H3,(H,18,25)(H,19,23)(H,20,24)(H,26,27). The van der Waals surface area contributed by atoms with E-state index in [2.05, 4.69) is 23.3 Å². The van der Waals surface area contributed by atoms with E-state index in [9.17, 15) is 24.3 Å². The van der Waals surface area contributed by atoms with Gasteiger partial charge in [-0.15, -0.1) is 0 Å². The molecule has 0 bridgehead atoms. The van der Waals surface area contributed by atoms with Gasteiger partial charge in [0.15, 0.2) is 0 Å². The normalized spacial score (nSPS) is 16.4. The van der Waals surface area contributed by atoms with E-state index in [-0.39, 0.29) is 11.7 Å². The molecule has 0 aliphatic heterocycles. The highest BCUT2D eigenvalue weighted by atomic mass is 32.1. The second-order valence-electron chi connectivity index (χ2n) is 6.79. The van der Waals surface area contributed by atoms with Crippen molar-refractivity contribution >= 4 is 36.3 Å². The summed E-state index contributed by atoms with van der Waals surface area (Å²) in [7, 11) is 0. The predicted molar refractivity (Wildman–Crippen MR) is 103 cm³/mol. The monoisotopic (exact) mass is 422 g/mol. The van der Waals surface area contributed by atoms with E-state index in [0.29, 0.717) is 6.42 Å². The van der Waals surface area contributed by atoms with Gasteiger partial charge in [0.2, 0.25) is 17.7 Å². The van der Waals surface area contributed by atoms with Crippen LogP contribution in [0.15, 0.2) is 0 Å². The van der Waals surface area contributed by atoms with Crippen LogP contribution in [-0.2, 0) is 19.2 Å². The Morgan fingerprint density at radius 3 is 1.89 bits per heavy atom. The molecule has 0 aliphatic carbocycles. The summed E-state index contributed by atoms with van der Waals surface area (Å²) in [6.45, 7) is 4.12. The Kier molecular flexibility index (Phi) is 11.7. The van der Waals surface area contributed by atoms with Gasteiger partial charge in [0.05, 0.1) is 18.8 Å². The second-order valence-corrected chi connectivity index (χ2v) is 7.15. The lowest BCUT2D eigenvalue weighted by Gasteiger charge is -2.25. The number of amides is 3. The van der Waals surface area contributed by atoms with Crippen molar-refractivity contribution in [3.05, 3.63) is 0 Å². The number of aliphatic carboxylic acids is 1. The number of rotatable bonds is 12. The molecule has 12 heteroatoms. The molecule has 0 saturated heterocycles. The number of aliphatic hydroxyl groups is 2. The van der Waals surface area contributed by atoms with Crippen molar-refractivity contribution in [3.8, 4) is 0 Å². The molecule has 8 N–H and O–H groups in total. The zero-order valence-corrected chi connectivity index (χ0v) is 17.0. The SMILES string of the molecule is CC(C)CC(N)C(=O)NC(CS)C(=O)NC(C(=O)NC(CO)C(=O)O)C(C)O. The molecular formula is C16H30N4O7S. The molecule has 0 radical (unpaired) electrons. The van der Waals surface area contributed by atoms with Crippen LogP contribution in [0.5, 0.6) is 0 Å². The number of hydrogen-bond acceptors (Lipinski definition) is 8. The summed E-state index contributed by atoms with van der Waals surface area (Å²) in [6, 6.07) is -5.06. The second kappa shape index (κ2) is 12.5. The van der Waals surface area contributed by atoms with E-state index in [1.54, 1.807) is 0 Å². The van der Waals surface area contributed by atoms with Gasteiger partial charge < -0.3 is 37.0 Å². The van der Waals surface area contributed by atoms with Crippen LogP contribution < -0.4 is 21.7 Å². The molecule has 3 amide bonds. The molecule has 0 rings (SSSR count). The summed E-state index contributed by atoms with van der Waals surface area (Å²) < 4.78 is 0. The fraction of sp³-hybridized carbons (Fsp3) is 0.750. The minimum absolute atomic E-state index is 0.103. The van der Waals surface area contributed by atoms with Crippen molar-refractivity contribution in [2.75, 3.05) is 12.4 Å². The summed E-state index contributed by atoms with van der Waals surface area (Å²) >= 11 is 4.00. The van der Waals surface area contributed by atoms with Crippen molar-refractivity contribution in [2.24, 2.45) is 11.7 Å². The fourth-order valence-electron chi connectivity index (χ4n) is 2.19. The van der Waals surface area contributed by atoms with E-state index >= 15 is 0 Å². The average Bonchev–Trinajstić information content (AvgIpc) is 2.60. The Morgan fingerprint density at radius 2 is 1.50 bits per heavy atom. The van der Waals surface area contributed by atoms with Crippen LogP contribution in [-0.4, -0.2) is 81.6 Å². The first-order valence-electron chi connectivity index (χ1n) is 8.73. The Balaban J connectivity index is 5.07. The lowest BCUT2D eigenvalue weighted by atomic mass is 10.0. The highest BCUT2D eigenvalue weighted by molar-refractivity contribution is 7.80. The van der Waals surface area contributed by atoms with Gasteiger partial charge in [-0.25, -0.2) is 4.79 Å². The molecule has 0 saturated carbocycles. The maximum atomic E-state index is 12.4. The van der Waals surface area contributed by atoms with E-state index in [4.69, 9.17) is 15.9 Å². The summed E-state index contributed by atoms with van der Waals surface area (Å²) in [5.74, 6) is -3.80. The minimum Gasteiger partial charge on any atom is -0.480 e. The number of nitrogens with one attached hydrogen (secondary N) is 3. The van der Waals surface area contributed by atoms with Gasteiger partial charge in [-0.1, -0.05) is 13.8 Å². The zero-order valence-electron chi connectivity index (χ0n) is 16.1. The number of nitrogens with two attached hydrogens (primary N) is 1. The van der Waals surface area contributed by atoms with Crippen LogP contribution >= 0.6 is 12.6 Å². The Bertz CT molecular complexity index is 559. The topological polar surface area (TPSA) is 191 Å². The third kappa shape index (κ3) is 8.87. The molecule has 0 spiro atoms. The maximum absolute atomic E-state index is 12.4. The van der Waals surface area contributed by atoms with E-state index in [1.807, 2.05) is 19.2 Å². The number of aliphatic hydroxyl groups excluding tert-OH is 2. The largest absolute Gasteiger partial charge is 0.480 e. The lowest BCUT2D eigenvalue weighted by molar-refractivity contribution is -0.144. The third-order valence-corrected chi connectivity index (χ3v) is 4.10. The van der Waals surface area contributed by atoms with Crippen molar-refractivity contribution in [1.29, 1.82) is 0 Å². The van der Waals surface area contributed by atoms with Gasteiger partial charge in [0.25, 0.3) is 0 Å². The van der Waals surface area contributed by atoms with Crippen molar-refractivity contribution in [2.45, 2.75) is 57.5 Å². The maximum Gasteiger partial charge on any atom is 0.328 e. The molecule has 0 aromatic rings. The molecule has 0 aliphatic rings. The smallest absolute Gasteiger partial charge is 0.328 e. The number of thiol groups is 1. The molecule has 0 fully saturated rings. The number of hydrogen-bond donors (Lipinski definition) is 8. The Labute approximate surface area is 168 Å². The van der Waals surface area contributed by atoms with Gasteiger partial charge in [0, 0.05) is 5.75 Å². The van der Waals surface area contributed by atoms with Crippen LogP contribution in [0.1, 0.15) is 27.2 Å². The lowest BCUT2D eigenvalue weighted by Crippen LogP contribution is -2.60. The number of carbonyl (C=O) groups is 4. The van der Waals surface area contributed by atoms with E-state index in [0.717, 1.165) is 0 Å². The van der Waals surface area contributed by atoms with Gasteiger partial charge in [-0.05, 0) is 19.3 Å². The molecule has 0 heterocycles. The van der Waals surface area contributed by atoms with Gasteiger partial charge in [0.1, 0.15) is 18.1 Å². The summed E-state index contributed by atoms with van der Waals surface area (Å²) in [5.41, 5.74) is 5.77. The van der Waals surface area contributed by atoms with Crippen molar-refractivity contribution in [3.63, 3.8) is 0 Å². The van der Waals surface area contributed by atoms with Crippen molar-refractivity contribution < 1.29 is 34.5 Å². The highest BCUT2D eigenvalue weighted by Crippen LogP contribution is 2.04. The molecule has 0 aromatic heterocycles. The fourth-order valence-corrected chi connectivity index (χ4v) is 2.45. The summed E-state index contributed by atoms with van der Waals surface area (Å²) in [6.07, 6.45) is -0.972. The van der Waals surface area contributed by atoms with Crippen LogP contribution in [0.25, 0.3) is 0 Å². The van der Waals surface area contributed by atoms with Crippen LogP contribution in [0.4, 0.5) is 0 Å². The Hall–Kier alpha value is -1.89. The van der Waals surface area contributed by atoms with E-state index in [1.165, 1.54) is 6.92 Å². The quantitative estimate of drug-likeness (QED) is 0.155. The van der Waals surface area contributed by atoms with E-state index < -0.39 is 60.6 Å².